The van der Waals surface area contributed by atoms with Crippen LogP contribution in [0, 0.1) is 5.92 Å². The van der Waals surface area contributed by atoms with Gasteiger partial charge in [-0.2, -0.15) is 0 Å². The summed E-state index contributed by atoms with van der Waals surface area (Å²) in [6.45, 7) is 4.90. The smallest absolute Gasteiger partial charge is 0.408 e. The largest absolute Gasteiger partial charge is 0.420 e. The number of fused-ring (bicyclic) bond motifs is 1. The summed E-state index contributed by atoms with van der Waals surface area (Å²) in [4.78, 5) is 23.4. The van der Waals surface area contributed by atoms with E-state index in [1.807, 2.05) is 19.9 Å². The van der Waals surface area contributed by atoms with Crippen molar-refractivity contribution in [3.8, 4) is 0 Å². The second kappa shape index (κ2) is 7.82. The minimum atomic E-state index is -0.437. The molecule has 1 heterocycles. The van der Waals surface area contributed by atoms with E-state index in [4.69, 9.17) is 4.42 Å². The third-order valence-corrected chi connectivity index (χ3v) is 3.69. The van der Waals surface area contributed by atoms with Crippen LogP contribution in [0.1, 0.15) is 20.3 Å². The number of aliphatic hydroxyl groups is 1. The molecular weight excluding hydrogens is 298 g/mol. The molecule has 0 aliphatic heterocycles. The number of urea groups is 1. The highest BCUT2D eigenvalue weighted by molar-refractivity contribution is 5.74. The molecule has 0 saturated carbocycles. The lowest BCUT2D eigenvalue weighted by Crippen LogP contribution is -2.39. The molecule has 1 aromatic carbocycles. The summed E-state index contributed by atoms with van der Waals surface area (Å²) in [5, 5.41) is 15.0. The number of carbonyl (C=O) groups excluding carboxylic acids is 1. The van der Waals surface area contributed by atoms with Crippen LogP contribution in [0.15, 0.2) is 33.5 Å². The maximum absolute atomic E-state index is 11.8. The van der Waals surface area contributed by atoms with Crippen molar-refractivity contribution in [2.75, 3.05) is 13.1 Å². The molecule has 0 fully saturated rings. The van der Waals surface area contributed by atoms with Crippen molar-refractivity contribution in [1.82, 2.24) is 15.2 Å². The van der Waals surface area contributed by atoms with Gasteiger partial charge in [-0.1, -0.05) is 26.0 Å². The highest BCUT2D eigenvalue weighted by atomic mass is 16.4. The molecule has 2 aromatic rings. The first-order valence-electron chi connectivity index (χ1n) is 7.77. The van der Waals surface area contributed by atoms with Gasteiger partial charge in [0.15, 0.2) is 5.58 Å². The molecular formula is C16H23N3O4. The van der Waals surface area contributed by atoms with Gasteiger partial charge in [0, 0.05) is 19.6 Å². The van der Waals surface area contributed by atoms with E-state index in [0.29, 0.717) is 37.2 Å². The number of hydrogen-bond acceptors (Lipinski definition) is 4. The van der Waals surface area contributed by atoms with E-state index in [2.05, 4.69) is 10.6 Å². The lowest BCUT2D eigenvalue weighted by molar-refractivity contribution is 0.116. The minimum Gasteiger partial charge on any atom is -0.408 e. The number of aromatic nitrogens is 1. The summed E-state index contributed by atoms with van der Waals surface area (Å²) in [5.41, 5.74) is 1.24. The Morgan fingerprint density at radius 3 is 2.70 bits per heavy atom. The lowest BCUT2D eigenvalue weighted by atomic mass is 10.0. The SMILES string of the molecule is CC(C)C(O)CCNC(=O)NCCn1c(=O)oc2ccccc21. The van der Waals surface area contributed by atoms with Gasteiger partial charge in [0.1, 0.15) is 0 Å². The van der Waals surface area contributed by atoms with E-state index in [9.17, 15) is 14.7 Å². The lowest BCUT2D eigenvalue weighted by Gasteiger charge is -2.14. The number of benzene rings is 1. The Morgan fingerprint density at radius 1 is 1.26 bits per heavy atom. The van der Waals surface area contributed by atoms with Crippen LogP contribution < -0.4 is 16.4 Å². The van der Waals surface area contributed by atoms with Gasteiger partial charge in [-0.3, -0.25) is 4.57 Å². The molecule has 1 aromatic heterocycles. The predicted molar refractivity (Wildman–Crippen MR) is 87.3 cm³/mol. The first-order chi connectivity index (χ1) is 11.0. The predicted octanol–water partition coefficient (Wildman–Crippen LogP) is 1.30. The monoisotopic (exact) mass is 321 g/mol. The molecule has 0 aliphatic rings. The van der Waals surface area contributed by atoms with Gasteiger partial charge in [-0.15, -0.1) is 0 Å². The normalized spacial score (nSPS) is 12.5. The highest BCUT2D eigenvalue weighted by Crippen LogP contribution is 2.11. The molecule has 0 aliphatic carbocycles. The second-order valence-electron chi connectivity index (χ2n) is 5.77. The minimum absolute atomic E-state index is 0.168. The molecule has 23 heavy (non-hydrogen) atoms. The van der Waals surface area contributed by atoms with Crippen molar-refractivity contribution >= 4 is 17.1 Å². The molecule has 2 amide bonds. The van der Waals surface area contributed by atoms with Crippen molar-refractivity contribution in [3.05, 3.63) is 34.8 Å². The Morgan fingerprint density at radius 2 is 1.96 bits per heavy atom. The number of nitrogens with one attached hydrogen (secondary N) is 2. The van der Waals surface area contributed by atoms with E-state index >= 15 is 0 Å². The third-order valence-electron chi connectivity index (χ3n) is 3.69. The summed E-state index contributed by atoms with van der Waals surface area (Å²) in [6, 6.07) is 6.84. The van der Waals surface area contributed by atoms with Crippen molar-refractivity contribution in [1.29, 1.82) is 0 Å². The van der Waals surface area contributed by atoms with Gasteiger partial charge >= 0.3 is 11.8 Å². The van der Waals surface area contributed by atoms with Crippen molar-refractivity contribution in [2.24, 2.45) is 5.92 Å². The van der Waals surface area contributed by atoms with Crippen molar-refractivity contribution in [2.45, 2.75) is 32.9 Å². The third kappa shape index (κ3) is 4.59. The number of hydrogen-bond donors (Lipinski definition) is 3. The van der Waals surface area contributed by atoms with Gasteiger partial charge in [-0.25, -0.2) is 9.59 Å². The van der Waals surface area contributed by atoms with Crippen LogP contribution in [0.2, 0.25) is 0 Å². The number of oxazole rings is 1. The van der Waals surface area contributed by atoms with Gasteiger partial charge < -0.3 is 20.2 Å². The molecule has 0 saturated heterocycles. The van der Waals surface area contributed by atoms with Gasteiger partial charge in [0.05, 0.1) is 11.6 Å². The summed E-state index contributed by atoms with van der Waals surface area (Å²) in [7, 11) is 0. The average Bonchev–Trinajstić information content (AvgIpc) is 2.83. The van der Waals surface area contributed by atoms with E-state index < -0.39 is 11.9 Å². The van der Waals surface area contributed by atoms with Crippen molar-refractivity contribution < 1.29 is 14.3 Å². The fraction of sp³-hybridized carbons (Fsp3) is 0.500. The Bertz CT molecular complexity index is 705. The van der Waals surface area contributed by atoms with Crippen LogP contribution in [0.4, 0.5) is 4.79 Å². The molecule has 2 rings (SSSR count). The average molecular weight is 321 g/mol. The van der Waals surface area contributed by atoms with Gasteiger partial charge in [0.25, 0.3) is 0 Å². The molecule has 0 spiro atoms. The maximum atomic E-state index is 11.8. The quantitative estimate of drug-likeness (QED) is 0.716. The van der Waals surface area contributed by atoms with E-state index in [0.717, 1.165) is 0 Å². The van der Waals surface area contributed by atoms with Crippen LogP contribution >= 0.6 is 0 Å². The van der Waals surface area contributed by atoms with E-state index in [1.165, 1.54) is 4.57 Å². The van der Waals surface area contributed by atoms with Gasteiger partial charge in [-0.05, 0) is 24.5 Å². The Balaban J connectivity index is 1.77. The zero-order chi connectivity index (χ0) is 16.8. The van der Waals surface area contributed by atoms with Crippen LogP contribution in [-0.4, -0.2) is 34.9 Å². The van der Waals surface area contributed by atoms with Crippen molar-refractivity contribution in [3.63, 3.8) is 0 Å². The standard InChI is InChI=1S/C16H23N3O4/c1-11(2)13(20)7-8-17-15(21)18-9-10-19-12-5-3-4-6-14(12)23-16(19)22/h3-6,11,13,20H,7-10H2,1-2H3,(H2,17,18,21). The summed E-state index contributed by atoms with van der Waals surface area (Å²) in [6.07, 6.45) is 0.0860. The number of carbonyl (C=O) groups is 1. The molecule has 7 heteroatoms. The topological polar surface area (TPSA) is 96.5 Å². The number of para-hydroxylation sites is 2. The van der Waals surface area contributed by atoms with Crippen LogP contribution in [0.3, 0.4) is 0 Å². The molecule has 1 unspecified atom stereocenters. The van der Waals surface area contributed by atoms with E-state index in [-0.39, 0.29) is 11.9 Å². The summed E-state index contributed by atoms with van der Waals surface area (Å²) >= 11 is 0. The molecule has 3 N–H and O–H groups in total. The molecule has 0 bridgehead atoms. The first-order valence-corrected chi connectivity index (χ1v) is 7.77. The number of aliphatic hydroxyl groups excluding tert-OH is 1. The fourth-order valence-corrected chi connectivity index (χ4v) is 2.24. The zero-order valence-corrected chi connectivity index (χ0v) is 13.4. The van der Waals surface area contributed by atoms with Crippen LogP contribution in [-0.2, 0) is 6.54 Å². The van der Waals surface area contributed by atoms with Crippen LogP contribution in [0.25, 0.3) is 11.1 Å². The Hall–Kier alpha value is -2.28. The number of rotatable bonds is 7. The maximum Gasteiger partial charge on any atom is 0.420 e. The van der Waals surface area contributed by atoms with E-state index in [1.54, 1.807) is 18.2 Å². The van der Waals surface area contributed by atoms with Gasteiger partial charge in [0.2, 0.25) is 0 Å². The highest BCUT2D eigenvalue weighted by Gasteiger charge is 2.10. The molecule has 7 nitrogen and oxygen atoms in total. The van der Waals surface area contributed by atoms with Crippen LogP contribution in [0.5, 0.6) is 0 Å². The first kappa shape index (κ1) is 17.1. The molecule has 0 radical (unpaired) electrons. The Kier molecular flexibility index (Phi) is 5.81. The number of nitrogens with zero attached hydrogens (tertiary/aromatic N) is 1. The number of amides is 2. The summed E-state index contributed by atoms with van der Waals surface area (Å²) < 4.78 is 6.61. The summed E-state index contributed by atoms with van der Waals surface area (Å²) in [5.74, 6) is -0.269. The second-order valence-corrected chi connectivity index (χ2v) is 5.77. The molecule has 126 valence electrons. The Labute approximate surface area is 134 Å². The fourth-order valence-electron chi connectivity index (χ4n) is 2.24. The molecule has 1 atom stereocenters. The zero-order valence-electron chi connectivity index (χ0n) is 13.4.